The number of rotatable bonds is 24. The van der Waals surface area contributed by atoms with Gasteiger partial charge in [-0.3, -0.25) is 44.4 Å². The van der Waals surface area contributed by atoms with Gasteiger partial charge in [0.2, 0.25) is 41.4 Å². The molecule has 17 N–H and O–H groups in total. The van der Waals surface area contributed by atoms with Crippen LogP contribution in [0.5, 0.6) is 0 Å². The molecule has 0 radical (unpaired) electrons. The van der Waals surface area contributed by atoms with Gasteiger partial charge in [-0.1, -0.05) is 30.3 Å². The third-order valence-corrected chi connectivity index (χ3v) is 8.07. The Balaban J connectivity index is 3.43. The van der Waals surface area contributed by atoms with Crippen molar-refractivity contribution in [1.82, 2.24) is 36.8 Å². The molecule has 1 aromatic carbocycles. The number of nitrogens with zero attached hydrogens (tertiary/aromatic N) is 1. The van der Waals surface area contributed by atoms with Gasteiger partial charge in [0.15, 0.2) is 11.9 Å². The van der Waals surface area contributed by atoms with E-state index in [1.807, 2.05) is 0 Å². The first kappa shape index (κ1) is 46.0. The maximum Gasteiger partial charge on any atom is 0.245 e. The maximum absolute atomic E-state index is 14.1. The first-order chi connectivity index (χ1) is 25.3. The van der Waals surface area contributed by atoms with Crippen LogP contribution in [0.25, 0.3) is 0 Å². The average Bonchev–Trinajstić information content (AvgIpc) is 3.09. The summed E-state index contributed by atoms with van der Waals surface area (Å²) in [5.74, 6) is -6.28. The normalized spacial score (nSPS) is 14.0. The van der Waals surface area contributed by atoms with Crippen molar-refractivity contribution in [2.45, 2.75) is 95.1 Å². The van der Waals surface area contributed by atoms with Crippen molar-refractivity contribution in [3.8, 4) is 0 Å². The van der Waals surface area contributed by atoms with Gasteiger partial charge in [-0.05, 0) is 44.6 Å². The van der Waals surface area contributed by atoms with Crippen LogP contribution in [0.3, 0.4) is 0 Å². The molecule has 0 aliphatic rings. The van der Waals surface area contributed by atoms with Crippen LogP contribution in [0.2, 0.25) is 0 Å². The smallest absolute Gasteiger partial charge is 0.245 e. The van der Waals surface area contributed by atoms with Crippen LogP contribution < -0.4 is 54.8 Å². The van der Waals surface area contributed by atoms with Crippen LogP contribution in [-0.2, 0) is 40.0 Å². The summed E-state index contributed by atoms with van der Waals surface area (Å²) in [6.07, 6.45) is -1.65. The van der Waals surface area contributed by atoms with E-state index in [0.717, 1.165) is 11.8 Å². The number of guanidine groups is 2. The van der Waals surface area contributed by atoms with Gasteiger partial charge in [0, 0.05) is 39.9 Å². The largest absolute Gasteiger partial charge is 0.391 e. The highest BCUT2D eigenvalue weighted by Gasteiger charge is 2.36. The summed E-state index contributed by atoms with van der Waals surface area (Å²) in [5, 5.41) is 40.0. The van der Waals surface area contributed by atoms with Gasteiger partial charge in [-0.15, -0.1) is 0 Å². The van der Waals surface area contributed by atoms with E-state index in [4.69, 9.17) is 33.8 Å². The molecule has 7 amide bonds. The molecular formula is C33H55N13O8. The first-order valence-corrected chi connectivity index (χ1v) is 17.2. The van der Waals surface area contributed by atoms with Crippen molar-refractivity contribution in [1.29, 1.82) is 10.8 Å². The van der Waals surface area contributed by atoms with Crippen molar-refractivity contribution >= 4 is 53.3 Å². The van der Waals surface area contributed by atoms with E-state index in [2.05, 4.69) is 31.9 Å². The van der Waals surface area contributed by atoms with Crippen LogP contribution in [0.1, 0.15) is 57.9 Å². The van der Waals surface area contributed by atoms with Crippen molar-refractivity contribution in [2.75, 3.05) is 20.1 Å². The maximum atomic E-state index is 14.1. The number of nitrogens with two attached hydrogens (primary N) is 4. The van der Waals surface area contributed by atoms with E-state index in [-0.39, 0.29) is 70.0 Å². The zero-order valence-corrected chi connectivity index (χ0v) is 30.8. The fraction of sp³-hybridized carbons (Fsp3) is 0.545. The van der Waals surface area contributed by atoms with Gasteiger partial charge in [0.1, 0.15) is 30.2 Å². The first-order valence-electron chi connectivity index (χ1n) is 17.2. The molecule has 1 aromatic rings. The minimum atomic E-state index is -1.46. The highest BCUT2D eigenvalue weighted by molar-refractivity contribution is 5.96. The summed E-state index contributed by atoms with van der Waals surface area (Å²) in [6.45, 7) is 2.67. The lowest BCUT2D eigenvalue weighted by Gasteiger charge is -2.32. The molecule has 0 spiro atoms. The summed E-state index contributed by atoms with van der Waals surface area (Å²) in [6, 6.07) is 2.10. The van der Waals surface area contributed by atoms with Gasteiger partial charge < -0.3 is 64.8 Å². The zero-order valence-electron chi connectivity index (χ0n) is 30.8. The highest BCUT2D eigenvalue weighted by Crippen LogP contribution is 2.13. The number of aliphatic hydroxyl groups excluding tert-OH is 1. The van der Waals surface area contributed by atoms with Gasteiger partial charge in [0.05, 0.1) is 6.10 Å². The van der Waals surface area contributed by atoms with Crippen LogP contribution >= 0.6 is 0 Å². The van der Waals surface area contributed by atoms with Crippen molar-refractivity contribution < 1.29 is 38.7 Å². The quantitative estimate of drug-likeness (QED) is 0.0270. The molecule has 0 saturated heterocycles. The second-order valence-corrected chi connectivity index (χ2v) is 12.6. The van der Waals surface area contributed by atoms with Crippen LogP contribution in [0, 0.1) is 10.8 Å². The molecule has 0 aliphatic carbocycles. The molecule has 0 bridgehead atoms. The van der Waals surface area contributed by atoms with E-state index in [9.17, 15) is 38.7 Å². The summed E-state index contributed by atoms with van der Waals surface area (Å²) in [4.78, 5) is 91.7. The molecule has 0 unspecified atom stereocenters. The van der Waals surface area contributed by atoms with E-state index in [0.29, 0.717) is 5.56 Å². The second-order valence-electron chi connectivity index (χ2n) is 12.6. The number of primary amides is 2. The molecule has 0 saturated carbocycles. The van der Waals surface area contributed by atoms with Gasteiger partial charge in [-0.25, -0.2) is 0 Å². The molecule has 300 valence electrons. The number of carbonyl (C=O) groups is 7. The Hall–Kier alpha value is -5.99. The Bertz CT molecular complexity index is 1480. The van der Waals surface area contributed by atoms with Gasteiger partial charge in [0.25, 0.3) is 0 Å². The Morgan fingerprint density at radius 3 is 1.78 bits per heavy atom. The average molecular weight is 762 g/mol. The second kappa shape index (κ2) is 23.5. The topological polar surface area (TPSA) is 367 Å². The third kappa shape index (κ3) is 17.5. The molecule has 1 rings (SSSR count). The molecule has 21 nitrogen and oxygen atoms in total. The molecule has 0 fully saturated rings. The predicted octanol–water partition coefficient (Wildman–Crippen LogP) is -4.33. The molecule has 0 heterocycles. The Morgan fingerprint density at radius 1 is 0.741 bits per heavy atom. The molecule has 0 aliphatic heterocycles. The summed E-state index contributed by atoms with van der Waals surface area (Å²) >= 11 is 0. The number of hydrogen-bond donors (Lipinski definition) is 13. The molecular weight excluding hydrogens is 706 g/mol. The number of nitrogens with one attached hydrogen (secondary N) is 8. The van der Waals surface area contributed by atoms with Crippen LogP contribution in [-0.4, -0.2) is 120 Å². The van der Waals surface area contributed by atoms with E-state index < -0.39 is 77.7 Å². The summed E-state index contributed by atoms with van der Waals surface area (Å²) in [5.41, 5.74) is 22.4. The fourth-order valence-corrected chi connectivity index (χ4v) is 5.26. The molecule has 21 heteroatoms. The van der Waals surface area contributed by atoms with Gasteiger partial charge in [-0.2, -0.15) is 0 Å². The number of amides is 7. The van der Waals surface area contributed by atoms with E-state index in [1.54, 1.807) is 30.3 Å². The lowest BCUT2D eigenvalue weighted by atomic mass is 10.0. The number of likely N-dealkylation sites (N-methyl/N-ethyl adjacent to an activating group) is 1. The SMILES string of the molecule is CC(=O)N[C@H](C(=O)N[C@@H](CCCNC(=N)N)C(=O)N[C@@H](CCC(N)=O)C(=O)N(C)[C@@H](CCCNC(=N)N)C(=O)N[C@@H](Cc1ccccc1)C(N)=O)[C@@H](C)O. The van der Waals surface area contributed by atoms with E-state index >= 15 is 0 Å². The van der Waals surface area contributed by atoms with Crippen LogP contribution in [0.4, 0.5) is 0 Å². The predicted molar refractivity (Wildman–Crippen MR) is 198 cm³/mol. The monoisotopic (exact) mass is 761 g/mol. The number of aliphatic hydroxyl groups is 1. The lowest BCUT2D eigenvalue weighted by Crippen LogP contribution is -2.60. The van der Waals surface area contributed by atoms with Crippen LogP contribution in [0.15, 0.2) is 30.3 Å². The van der Waals surface area contributed by atoms with Crippen molar-refractivity contribution in [2.24, 2.45) is 22.9 Å². The molecule has 54 heavy (non-hydrogen) atoms. The minimum absolute atomic E-state index is 0.00658. The van der Waals surface area contributed by atoms with Gasteiger partial charge >= 0.3 is 0 Å². The molecule has 6 atom stereocenters. The Morgan fingerprint density at radius 2 is 1.28 bits per heavy atom. The molecule has 0 aromatic heterocycles. The summed E-state index contributed by atoms with van der Waals surface area (Å²) in [7, 11) is 1.29. The number of benzene rings is 1. The standard InChI is InChI=1S/C33H55N13O8/c1-18(47)26(42-19(2)48)30(53)43-21(11-7-15-40-32(36)37)28(51)44-22(13-14-25(34)49)31(54)46(3)24(12-8-16-41-33(38)39)29(52)45-23(27(35)50)17-20-9-5-4-6-10-20/h4-6,9-10,18,21-24,26,47H,7-8,11-17H2,1-3H3,(H2,34,49)(H2,35,50)(H,42,48)(H,43,53)(H,44,51)(H,45,52)(H4,36,37,40)(H4,38,39,41)/t18-,21+,22+,23+,24+,26+/m1/s1. The Labute approximate surface area is 313 Å². The number of carbonyl (C=O) groups excluding carboxylic acids is 7. The summed E-state index contributed by atoms with van der Waals surface area (Å²) < 4.78 is 0. The third-order valence-electron chi connectivity index (χ3n) is 8.07. The van der Waals surface area contributed by atoms with Crippen molar-refractivity contribution in [3.63, 3.8) is 0 Å². The highest BCUT2D eigenvalue weighted by atomic mass is 16.3. The fourth-order valence-electron chi connectivity index (χ4n) is 5.26. The zero-order chi connectivity index (χ0) is 41.0. The van der Waals surface area contributed by atoms with E-state index in [1.165, 1.54) is 14.0 Å². The Kier molecular flexibility index (Phi) is 20.1. The minimum Gasteiger partial charge on any atom is -0.391 e. The number of hydrogen-bond acceptors (Lipinski definition) is 10. The van der Waals surface area contributed by atoms with Crippen molar-refractivity contribution in [3.05, 3.63) is 35.9 Å². The lowest BCUT2D eigenvalue weighted by molar-refractivity contribution is -0.143.